The molecule has 0 aliphatic heterocycles. The van der Waals surface area contributed by atoms with Crippen molar-refractivity contribution in [1.82, 2.24) is 4.98 Å². The second-order valence-electron chi connectivity index (χ2n) is 3.90. The summed E-state index contributed by atoms with van der Waals surface area (Å²) in [6.45, 7) is 0. The number of ether oxygens (including phenoxy) is 1. The van der Waals surface area contributed by atoms with Crippen molar-refractivity contribution < 1.29 is 14.5 Å². The molecule has 0 spiro atoms. The number of ketones is 1. The van der Waals surface area contributed by atoms with Crippen molar-refractivity contribution in [3.05, 3.63) is 28.4 Å². The fourth-order valence-electron chi connectivity index (χ4n) is 1.84. The molecule has 1 heterocycles. The number of nitrogens with zero attached hydrogens (tertiary/aromatic N) is 2. The van der Waals surface area contributed by atoms with Gasteiger partial charge in [-0.05, 0) is 41.3 Å². The summed E-state index contributed by atoms with van der Waals surface area (Å²) in [7, 11) is 0. The van der Waals surface area contributed by atoms with Crippen molar-refractivity contribution in [2.45, 2.75) is 31.8 Å². The molecule has 2 rings (SSSR count). The van der Waals surface area contributed by atoms with Crippen LogP contribution in [0.2, 0.25) is 0 Å². The minimum absolute atomic E-state index is 0.00870. The van der Waals surface area contributed by atoms with Crippen molar-refractivity contribution in [2.24, 2.45) is 0 Å². The maximum atomic E-state index is 11.6. The molecule has 0 N–H and O–H groups in total. The Morgan fingerprint density at radius 2 is 2.29 bits per heavy atom. The predicted molar refractivity (Wildman–Crippen MR) is 58.8 cm³/mol. The fraction of sp³-hybridized carbons (Fsp3) is 0.455. The molecule has 0 radical (unpaired) electrons. The summed E-state index contributed by atoms with van der Waals surface area (Å²) < 4.78 is 5.41. The SMILES string of the molecule is O=C1CCCCC1Oc1cccnc1[N+](=O)[O-]. The molecular formula is C11H12N2O4. The lowest BCUT2D eigenvalue weighted by Crippen LogP contribution is -2.30. The van der Waals surface area contributed by atoms with E-state index in [1.165, 1.54) is 12.3 Å². The van der Waals surface area contributed by atoms with Crippen LogP contribution in [0.1, 0.15) is 25.7 Å². The van der Waals surface area contributed by atoms with Gasteiger partial charge in [0, 0.05) is 6.42 Å². The van der Waals surface area contributed by atoms with Gasteiger partial charge in [0.15, 0.2) is 11.9 Å². The Bertz CT molecular complexity index is 447. The Kier molecular flexibility index (Phi) is 3.32. The number of Topliss-reactive ketones (excluding diaryl/α,β-unsaturated/α-hetero) is 1. The molecule has 0 aromatic carbocycles. The minimum Gasteiger partial charge on any atom is -0.474 e. The zero-order valence-corrected chi connectivity index (χ0v) is 9.17. The molecule has 0 amide bonds. The molecule has 1 fully saturated rings. The van der Waals surface area contributed by atoms with Crippen LogP contribution in [0, 0.1) is 10.1 Å². The number of aromatic nitrogens is 1. The van der Waals surface area contributed by atoms with E-state index in [0.29, 0.717) is 12.8 Å². The van der Waals surface area contributed by atoms with Gasteiger partial charge in [0.1, 0.15) is 6.20 Å². The van der Waals surface area contributed by atoms with E-state index < -0.39 is 11.0 Å². The average Bonchev–Trinajstić information content (AvgIpc) is 2.32. The zero-order valence-electron chi connectivity index (χ0n) is 9.17. The maximum absolute atomic E-state index is 11.6. The van der Waals surface area contributed by atoms with E-state index in [-0.39, 0.29) is 17.4 Å². The third kappa shape index (κ3) is 2.58. The van der Waals surface area contributed by atoms with Gasteiger partial charge in [-0.15, -0.1) is 0 Å². The molecule has 1 unspecified atom stereocenters. The standard InChI is InChI=1S/C11H12N2O4/c14-8-4-1-2-5-9(8)17-10-6-3-7-12-11(10)13(15)16/h3,6-7,9H,1-2,4-5H2. The van der Waals surface area contributed by atoms with Crippen molar-refractivity contribution in [1.29, 1.82) is 0 Å². The molecular weight excluding hydrogens is 224 g/mol. The Hall–Kier alpha value is -1.98. The molecule has 1 saturated carbocycles. The Balaban J connectivity index is 2.17. The van der Waals surface area contributed by atoms with E-state index in [1.807, 2.05) is 0 Å². The second kappa shape index (κ2) is 4.90. The normalized spacial score (nSPS) is 20.0. The van der Waals surface area contributed by atoms with Crippen LogP contribution in [0.3, 0.4) is 0 Å². The number of carbonyl (C=O) groups excluding carboxylic acids is 1. The summed E-state index contributed by atoms with van der Waals surface area (Å²) >= 11 is 0. The first-order valence-electron chi connectivity index (χ1n) is 5.47. The Morgan fingerprint density at radius 3 is 3.00 bits per heavy atom. The first-order valence-corrected chi connectivity index (χ1v) is 5.47. The number of rotatable bonds is 3. The first-order chi connectivity index (χ1) is 8.18. The van der Waals surface area contributed by atoms with Crippen LogP contribution in [0.25, 0.3) is 0 Å². The maximum Gasteiger partial charge on any atom is 0.406 e. The van der Waals surface area contributed by atoms with Gasteiger partial charge >= 0.3 is 5.82 Å². The number of hydrogen-bond donors (Lipinski definition) is 0. The quantitative estimate of drug-likeness (QED) is 0.591. The van der Waals surface area contributed by atoms with E-state index in [9.17, 15) is 14.9 Å². The second-order valence-corrected chi connectivity index (χ2v) is 3.90. The molecule has 1 aliphatic carbocycles. The van der Waals surface area contributed by atoms with Gasteiger partial charge in [-0.1, -0.05) is 0 Å². The van der Waals surface area contributed by atoms with Crippen molar-refractivity contribution in [3.63, 3.8) is 0 Å². The summed E-state index contributed by atoms with van der Waals surface area (Å²) in [5.41, 5.74) is 0. The lowest BCUT2D eigenvalue weighted by Gasteiger charge is -2.21. The molecule has 6 nitrogen and oxygen atoms in total. The molecule has 0 bridgehead atoms. The fourth-order valence-corrected chi connectivity index (χ4v) is 1.84. The molecule has 1 aromatic rings. The Morgan fingerprint density at radius 1 is 1.47 bits per heavy atom. The average molecular weight is 236 g/mol. The topological polar surface area (TPSA) is 82.3 Å². The van der Waals surface area contributed by atoms with Crippen molar-refractivity contribution >= 4 is 11.6 Å². The molecule has 1 aliphatic rings. The summed E-state index contributed by atoms with van der Waals surface area (Å²) in [4.78, 5) is 25.3. The highest BCUT2D eigenvalue weighted by molar-refractivity contribution is 5.84. The highest BCUT2D eigenvalue weighted by Gasteiger charge is 2.27. The van der Waals surface area contributed by atoms with Gasteiger partial charge in [-0.2, -0.15) is 0 Å². The highest BCUT2D eigenvalue weighted by atomic mass is 16.6. The van der Waals surface area contributed by atoms with Gasteiger partial charge in [0.05, 0.1) is 0 Å². The van der Waals surface area contributed by atoms with Crippen molar-refractivity contribution in [3.8, 4) is 5.75 Å². The lowest BCUT2D eigenvalue weighted by atomic mass is 9.96. The number of nitro groups is 1. The van der Waals surface area contributed by atoms with Crippen LogP contribution in [0.5, 0.6) is 5.75 Å². The van der Waals surface area contributed by atoms with Gasteiger partial charge in [-0.25, -0.2) is 0 Å². The predicted octanol–water partition coefficient (Wildman–Crippen LogP) is 1.88. The lowest BCUT2D eigenvalue weighted by molar-refractivity contribution is -0.390. The van der Waals surface area contributed by atoms with E-state index in [4.69, 9.17) is 4.74 Å². The first kappa shape index (κ1) is 11.5. The van der Waals surface area contributed by atoms with E-state index in [0.717, 1.165) is 12.8 Å². The smallest absolute Gasteiger partial charge is 0.406 e. The highest BCUT2D eigenvalue weighted by Crippen LogP contribution is 2.27. The van der Waals surface area contributed by atoms with Gasteiger partial charge in [-0.3, -0.25) is 4.79 Å². The zero-order chi connectivity index (χ0) is 12.3. The molecule has 6 heteroatoms. The van der Waals surface area contributed by atoms with Crippen LogP contribution < -0.4 is 4.74 Å². The van der Waals surface area contributed by atoms with Gasteiger partial charge in [0.2, 0.25) is 5.75 Å². The summed E-state index contributed by atoms with van der Waals surface area (Å²) in [5, 5.41) is 10.7. The van der Waals surface area contributed by atoms with Crippen LogP contribution in [0.4, 0.5) is 5.82 Å². The van der Waals surface area contributed by atoms with Crippen LogP contribution >= 0.6 is 0 Å². The number of hydrogen-bond acceptors (Lipinski definition) is 5. The number of carbonyl (C=O) groups is 1. The van der Waals surface area contributed by atoms with Crippen LogP contribution in [-0.2, 0) is 4.79 Å². The minimum atomic E-state index is -0.608. The Labute approximate surface area is 97.8 Å². The van der Waals surface area contributed by atoms with E-state index in [2.05, 4.69) is 4.98 Å². The summed E-state index contributed by atoms with van der Waals surface area (Å²) in [6.07, 6.45) is 3.64. The van der Waals surface area contributed by atoms with E-state index in [1.54, 1.807) is 6.07 Å². The molecule has 0 saturated heterocycles. The molecule has 1 atom stereocenters. The van der Waals surface area contributed by atoms with Gasteiger partial charge < -0.3 is 14.9 Å². The third-order valence-electron chi connectivity index (χ3n) is 2.69. The van der Waals surface area contributed by atoms with E-state index >= 15 is 0 Å². The monoisotopic (exact) mass is 236 g/mol. The largest absolute Gasteiger partial charge is 0.474 e. The van der Waals surface area contributed by atoms with Crippen molar-refractivity contribution in [2.75, 3.05) is 0 Å². The van der Waals surface area contributed by atoms with Crippen LogP contribution in [0.15, 0.2) is 18.3 Å². The molecule has 17 heavy (non-hydrogen) atoms. The van der Waals surface area contributed by atoms with Crippen LogP contribution in [-0.4, -0.2) is 21.8 Å². The number of pyridine rings is 1. The summed E-state index contributed by atoms with van der Waals surface area (Å²) in [6, 6.07) is 3.02. The van der Waals surface area contributed by atoms with Gasteiger partial charge in [0.25, 0.3) is 0 Å². The molecule has 90 valence electrons. The third-order valence-corrected chi connectivity index (χ3v) is 2.69. The molecule has 1 aromatic heterocycles. The summed E-state index contributed by atoms with van der Waals surface area (Å²) in [5.74, 6) is -0.266.